The number of nitrogens with one attached hydrogen (secondary N) is 1. The van der Waals surface area contributed by atoms with E-state index in [1.54, 1.807) is 4.90 Å². The molecule has 1 saturated heterocycles. The van der Waals surface area contributed by atoms with Crippen LogP contribution in [0.2, 0.25) is 0 Å². The molecule has 1 unspecified atom stereocenters. The molecule has 1 N–H and O–H groups in total. The average molecular weight is 290 g/mol. The van der Waals surface area contributed by atoms with Crippen molar-refractivity contribution in [3.05, 3.63) is 29.8 Å². The summed E-state index contributed by atoms with van der Waals surface area (Å²) in [5.41, 5.74) is 2.10. The number of carbonyl (C=O) groups is 2. The van der Waals surface area contributed by atoms with Crippen molar-refractivity contribution < 1.29 is 14.3 Å². The van der Waals surface area contributed by atoms with Crippen LogP contribution in [0, 0.1) is 12.8 Å². The molecule has 1 aliphatic rings. The number of anilines is 1. The highest BCUT2D eigenvalue weighted by Gasteiger charge is 2.30. The third kappa shape index (κ3) is 4.29. The van der Waals surface area contributed by atoms with Gasteiger partial charge in [0.1, 0.15) is 6.61 Å². The molecule has 5 nitrogen and oxygen atoms in total. The van der Waals surface area contributed by atoms with E-state index < -0.39 is 0 Å². The Balaban J connectivity index is 1.85. The van der Waals surface area contributed by atoms with Crippen molar-refractivity contribution in [2.24, 2.45) is 5.92 Å². The molecule has 1 aromatic carbocycles. The summed E-state index contributed by atoms with van der Waals surface area (Å²) in [6.45, 7) is 5.64. The van der Waals surface area contributed by atoms with Crippen molar-refractivity contribution in [3.8, 4) is 0 Å². The smallest absolute Gasteiger partial charge is 0.246 e. The summed E-state index contributed by atoms with van der Waals surface area (Å²) in [7, 11) is 0. The molecular weight excluding hydrogens is 268 g/mol. The van der Waals surface area contributed by atoms with Crippen LogP contribution in [0.5, 0.6) is 0 Å². The Hall–Kier alpha value is -1.88. The maximum absolute atomic E-state index is 12.1. The normalized spacial score (nSPS) is 18.1. The molecule has 2 amide bonds. The summed E-state index contributed by atoms with van der Waals surface area (Å²) in [6, 6.07) is 7.92. The molecule has 1 fully saturated rings. The highest BCUT2D eigenvalue weighted by atomic mass is 16.5. The van der Waals surface area contributed by atoms with Crippen LogP contribution in [-0.4, -0.2) is 38.1 Å². The van der Waals surface area contributed by atoms with E-state index in [1.807, 2.05) is 38.1 Å². The van der Waals surface area contributed by atoms with E-state index in [4.69, 9.17) is 4.74 Å². The van der Waals surface area contributed by atoms with Gasteiger partial charge in [0.15, 0.2) is 0 Å². The van der Waals surface area contributed by atoms with Crippen LogP contribution in [0.15, 0.2) is 24.3 Å². The van der Waals surface area contributed by atoms with Gasteiger partial charge in [0, 0.05) is 37.7 Å². The minimum Gasteiger partial charge on any atom is -0.372 e. The number of rotatable bonds is 6. The van der Waals surface area contributed by atoms with Crippen LogP contribution >= 0.6 is 0 Å². The highest BCUT2D eigenvalue weighted by molar-refractivity contribution is 5.95. The van der Waals surface area contributed by atoms with Crippen LogP contribution < -0.4 is 10.2 Å². The summed E-state index contributed by atoms with van der Waals surface area (Å²) in [5.74, 6) is 0.144. The third-order valence-electron chi connectivity index (χ3n) is 3.58. The topological polar surface area (TPSA) is 58.6 Å². The number of carbonyl (C=O) groups excluding carboxylic acids is 2. The molecule has 0 aliphatic carbocycles. The molecular formula is C16H22N2O3. The number of ether oxygens (including phenoxy) is 1. The second-order valence-corrected chi connectivity index (χ2v) is 5.35. The summed E-state index contributed by atoms with van der Waals surface area (Å²) >= 11 is 0. The van der Waals surface area contributed by atoms with Crippen molar-refractivity contribution in [2.75, 3.05) is 31.2 Å². The molecule has 5 heteroatoms. The fourth-order valence-corrected chi connectivity index (χ4v) is 2.40. The van der Waals surface area contributed by atoms with E-state index in [0.717, 1.165) is 5.69 Å². The quantitative estimate of drug-likeness (QED) is 0.864. The molecule has 114 valence electrons. The minimum absolute atomic E-state index is 0.0822. The molecule has 0 bridgehead atoms. The van der Waals surface area contributed by atoms with Crippen LogP contribution in [0.1, 0.15) is 18.9 Å². The monoisotopic (exact) mass is 290 g/mol. The van der Waals surface area contributed by atoms with E-state index in [0.29, 0.717) is 26.1 Å². The van der Waals surface area contributed by atoms with Gasteiger partial charge in [0.25, 0.3) is 0 Å². The lowest BCUT2D eigenvalue weighted by atomic mass is 10.1. The van der Waals surface area contributed by atoms with Crippen molar-refractivity contribution in [2.45, 2.75) is 20.3 Å². The first-order valence-electron chi connectivity index (χ1n) is 7.31. The molecule has 0 saturated carbocycles. The Labute approximate surface area is 125 Å². The van der Waals surface area contributed by atoms with Crippen molar-refractivity contribution in [1.29, 1.82) is 0 Å². The predicted octanol–water partition coefficient (Wildman–Crippen LogP) is 1.50. The fourth-order valence-electron chi connectivity index (χ4n) is 2.40. The van der Waals surface area contributed by atoms with Crippen molar-refractivity contribution in [3.63, 3.8) is 0 Å². The molecule has 2 rings (SSSR count). The van der Waals surface area contributed by atoms with Crippen LogP contribution in [0.4, 0.5) is 5.69 Å². The number of hydrogen-bond donors (Lipinski definition) is 1. The zero-order valence-corrected chi connectivity index (χ0v) is 12.6. The van der Waals surface area contributed by atoms with Gasteiger partial charge in [-0.2, -0.15) is 0 Å². The Morgan fingerprint density at radius 1 is 1.38 bits per heavy atom. The maximum atomic E-state index is 12.1. The molecule has 21 heavy (non-hydrogen) atoms. The average Bonchev–Trinajstić information content (AvgIpc) is 2.85. The Morgan fingerprint density at radius 2 is 2.10 bits per heavy atom. The van der Waals surface area contributed by atoms with E-state index >= 15 is 0 Å². The first-order valence-corrected chi connectivity index (χ1v) is 7.31. The largest absolute Gasteiger partial charge is 0.372 e. The number of nitrogens with zero attached hydrogens (tertiary/aromatic N) is 1. The van der Waals surface area contributed by atoms with E-state index in [-0.39, 0.29) is 24.3 Å². The maximum Gasteiger partial charge on any atom is 0.246 e. The lowest BCUT2D eigenvalue weighted by molar-refractivity contribution is -0.125. The van der Waals surface area contributed by atoms with Crippen LogP contribution in [-0.2, 0) is 14.3 Å². The second-order valence-electron chi connectivity index (χ2n) is 5.35. The standard InChI is InChI=1S/C16H22N2O3/c1-3-21-11-15(19)17-9-13-8-16(20)18(10-13)14-6-4-12(2)5-7-14/h4-7,13H,3,8-11H2,1-2H3,(H,17,19). The van der Waals surface area contributed by atoms with Gasteiger partial charge >= 0.3 is 0 Å². The number of amides is 2. The van der Waals surface area contributed by atoms with Gasteiger partial charge in [-0.25, -0.2) is 0 Å². The Kier molecular flexibility index (Phi) is 5.33. The summed E-state index contributed by atoms with van der Waals surface area (Å²) in [6.07, 6.45) is 0.475. The fraction of sp³-hybridized carbons (Fsp3) is 0.500. The van der Waals surface area contributed by atoms with Gasteiger partial charge in [-0.15, -0.1) is 0 Å². The predicted molar refractivity (Wildman–Crippen MR) is 81.1 cm³/mol. The molecule has 1 heterocycles. The minimum atomic E-state index is -0.127. The number of benzene rings is 1. The Bertz CT molecular complexity index is 499. The van der Waals surface area contributed by atoms with Gasteiger partial charge < -0.3 is 15.0 Å². The van der Waals surface area contributed by atoms with Gasteiger partial charge in [0.2, 0.25) is 11.8 Å². The molecule has 1 aliphatic heterocycles. The highest BCUT2D eigenvalue weighted by Crippen LogP contribution is 2.24. The van der Waals surface area contributed by atoms with Gasteiger partial charge in [-0.05, 0) is 26.0 Å². The van der Waals surface area contributed by atoms with E-state index in [9.17, 15) is 9.59 Å². The zero-order valence-electron chi connectivity index (χ0n) is 12.6. The molecule has 1 atom stereocenters. The molecule has 0 spiro atoms. The second kappa shape index (κ2) is 7.22. The lowest BCUT2D eigenvalue weighted by Crippen LogP contribution is -2.33. The number of aryl methyl sites for hydroxylation is 1. The lowest BCUT2D eigenvalue weighted by Gasteiger charge is -2.17. The first kappa shape index (κ1) is 15.5. The number of hydrogen-bond acceptors (Lipinski definition) is 3. The van der Waals surface area contributed by atoms with Gasteiger partial charge in [-0.3, -0.25) is 9.59 Å². The molecule has 0 aromatic heterocycles. The molecule has 1 aromatic rings. The van der Waals surface area contributed by atoms with E-state index in [1.165, 1.54) is 5.56 Å². The van der Waals surface area contributed by atoms with Crippen LogP contribution in [0.25, 0.3) is 0 Å². The van der Waals surface area contributed by atoms with Gasteiger partial charge in [0.05, 0.1) is 0 Å². The van der Waals surface area contributed by atoms with Crippen LogP contribution in [0.3, 0.4) is 0 Å². The summed E-state index contributed by atoms with van der Waals surface area (Å²) in [4.78, 5) is 25.4. The molecule has 0 radical (unpaired) electrons. The van der Waals surface area contributed by atoms with E-state index in [2.05, 4.69) is 5.32 Å². The Morgan fingerprint density at radius 3 is 2.76 bits per heavy atom. The summed E-state index contributed by atoms with van der Waals surface area (Å²) in [5, 5.41) is 2.82. The van der Waals surface area contributed by atoms with Crippen molar-refractivity contribution >= 4 is 17.5 Å². The third-order valence-corrected chi connectivity index (χ3v) is 3.58. The zero-order chi connectivity index (χ0) is 15.2. The first-order chi connectivity index (χ1) is 10.1. The SMILES string of the molecule is CCOCC(=O)NCC1CC(=O)N(c2ccc(C)cc2)C1. The van der Waals surface area contributed by atoms with Gasteiger partial charge in [-0.1, -0.05) is 17.7 Å². The summed E-state index contributed by atoms with van der Waals surface area (Å²) < 4.78 is 5.04. The van der Waals surface area contributed by atoms with Crippen molar-refractivity contribution in [1.82, 2.24) is 5.32 Å².